The van der Waals surface area contributed by atoms with Crippen molar-refractivity contribution in [2.75, 3.05) is 19.8 Å². The van der Waals surface area contributed by atoms with Gasteiger partial charge in [0.1, 0.15) is 5.16 Å². The summed E-state index contributed by atoms with van der Waals surface area (Å²) in [7, 11) is 3.86. The first-order chi connectivity index (χ1) is 9.06. The zero-order valence-corrected chi connectivity index (χ0v) is 12.4. The first kappa shape index (κ1) is 17.3. The Hall–Kier alpha value is -1.71. The number of anilines is 1. The molecule has 0 aliphatic carbocycles. The number of rotatable bonds is 5. The largest absolute Gasteiger partial charge is 0.398 e. The molecule has 0 amide bonds. The van der Waals surface area contributed by atoms with E-state index in [9.17, 15) is 0 Å². The second-order valence-corrected chi connectivity index (χ2v) is 4.22. The molecule has 0 saturated heterocycles. The molecule has 0 atom stereocenters. The van der Waals surface area contributed by atoms with Crippen molar-refractivity contribution < 1.29 is 0 Å². The highest BCUT2D eigenvalue weighted by atomic mass is 35.5. The van der Waals surface area contributed by atoms with E-state index in [1.54, 1.807) is 12.2 Å². The lowest BCUT2D eigenvalue weighted by Gasteiger charge is -2.30. The fourth-order valence-corrected chi connectivity index (χ4v) is 1.73. The fourth-order valence-electron chi connectivity index (χ4n) is 1.43. The Kier molecular flexibility index (Phi) is 8.42. The molecule has 0 saturated carbocycles. The third-order valence-electron chi connectivity index (χ3n) is 2.36. The Morgan fingerprint density at radius 2 is 1.89 bits per heavy atom. The quantitative estimate of drug-likeness (QED) is 0.294. The van der Waals surface area contributed by atoms with E-state index in [1.807, 2.05) is 48.4 Å². The molecular formula is C15H22ClN3. The molecule has 1 aromatic carbocycles. The van der Waals surface area contributed by atoms with Crippen LogP contribution in [-0.2, 0) is 6.54 Å². The third-order valence-corrected chi connectivity index (χ3v) is 2.68. The van der Waals surface area contributed by atoms with Crippen LogP contribution in [0.4, 0.5) is 5.69 Å². The third kappa shape index (κ3) is 5.64. The number of hydrazine groups is 1. The van der Waals surface area contributed by atoms with Gasteiger partial charge in [-0.15, -0.1) is 13.2 Å². The molecule has 104 valence electrons. The minimum absolute atomic E-state index is 0.605. The Bertz CT molecular complexity index is 427. The monoisotopic (exact) mass is 279 g/mol. The van der Waals surface area contributed by atoms with E-state index in [-0.39, 0.29) is 0 Å². The van der Waals surface area contributed by atoms with Crippen molar-refractivity contribution in [1.29, 1.82) is 0 Å². The molecule has 19 heavy (non-hydrogen) atoms. The van der Waals surface area contributed by atoms with E-state index in [0.29, 0.717) is 11.7 Å². The molecule has 0 aromatic heterocycles. The molecule has 0 aliphatic rings. The summed E-state index contributed by atoms with van der Waals surface area (Å²) in [4.78, 5) is 0. The lowest BCUT2D eigenvalue weighted by Crippen LogP contribution is -2.34. The number of allylic oxidation sites excluding steroid dienone is 2. The summed E-state index contributed by atoms with van der Waals surface area (Å²) in [6.07, 6.45) is 3.41. The summed E-state index contributed by atoms with van der Waals surface area (Å²) in [5.74, 6) is 0. The van der Waals surface area contributed by atoms with Gasteiger partial charge in [-0.05, 0) is 17.7 Å². The van der Waals surface area contributed by atoms with Gasteiger partial charge in [0.15, 0.2) is 0 Å². The molecule has 1 rings (SSSR count). The molecule has 0 heterocycles. The first-order valence-electron chi connectivity index (χ1n) is 5.82. The number of para-hydroxylation sites is 1. The minimum Gasteiger partial charge on any atom is -0.398 e. The summed E-state index contributed by atoms with van der Waals surface area (Å²) in [5.41, 5.74) is 7.72. The van der Waals surface area contributed by atoms with Crippen LogP contribution in [0.25, 0.3) is 0 Å². The van der Waals surface area contributed by atoms with Crippen LogP contribution in [0.5, 0.6) is 0 Å². The molecule has 4 heteroatoms. The van der Waals surface area contributed by atoms with Crippen LogP contribution < -0.4 is 5.73 Å². The molecule has 0 unspecified atom stereocenters. The lowest BCUT2D eigenvalue weighted by atomic mass is 10.2. The van der Waals surface area contributed by atoms with Gasteiger partial charge < -0.3 is 5.73 Å². The predicted molar refractivity (Wildman–Crippen MR) is 85.5 cm³/mol. The molecule has 0 bridgehead atoms. The average Bonchev–Trinajstić information content (AvgIpc) is 2.40. The SMILES string of the molecule is C=C.C=C/C=C(/Cl)N(Cc1ccccc1N)N(C)C. The predicted octanol–water partition coefficient (Wildman–Crippen LogP) is 3.62. The second kappa shape index (κ2) is 9.25. The lowest BCUT2D eigenvalue weighted by molar-refractivity contribution is 0.0677. The van der Waals surface area contributed by atoms with Crippen molar-refractivity contribution >= 4 is 17.3 Å². The molecule has 0 radical (unpaired) electrons. The molecule has 3 nitrogen and oxygen atoms in total. The van der Waals surface area contributed by atoms with Crippen molar-refractivity contribution in [3.8, 4) is 0 Å². The van der Waals surface area contributed by atoms with Crippen molar-refractivity contribution in [2.45, 2.75) is 6.54 Å². The number of nitrogens with two attached hydrogens (primary N) is 1. The van der Waals surface area contributed by atoms with Crippen LogP contribution in [-0.4, -0.2) is 24.1 Å². The van der Waals surface area contributed by atoms with Gasteiger partial charge in [-0.25, -0.2) is 5.01 Å². The normalized spacial score (nSPS) is 10.6. The Balaban J connectivity index is 0.00000154. The van der Waals surface area contributed by atoms with Gasteiger partial charge in [0, 0.05) is 19.8 Å². The zero-order chi connectivity index (χ0) is 14.8. The van der Waals surface area contributed by atoms with Gasteiger partial charge in [-0.3, -0.25) is 5.01 Å². The topological polar surface area (TPSA) is 32.5 Å². The van der Waals surface area contributed by atoms with Crippen LogP contribution in [0.2, 0.25) is 0 Å². The summed E-state index contributed by atoms with van der Waals surface area (Å²) < 4.78 is 0. The maximum Gasteiger partial charge on any atom is 0.119 e. The van der Waals surface area contributed by atoms with Crippen LogP contribution in [0, 0.1) is 0 Å². The van der Waals surface area contributed by atoms with Crippen molar-refractivity contribution in [2.24, 2.45) is 0 Å². The second-order valence-electron chi connectivity index (χ2n) is 3.83. The molecule has 0 aliphatic heterocycles. The van der Waals surface area contributed by atoms with Crippen molar-refractivity contribution in [3.05, 3.63) is 66.9 Å². The van der Waals surface area contributed by atoms with Gasteiger partial charge in [0.2, 0.25) is 0 Å². The van der Waals surface area contributed by atoms with Crippen molar-refractivity contribution in [1.82, 2.24) is 10.0 Å². The van der Waals surface area contributed by atoms with E-state index in [4.69, 9.17) is 17.3 Å². The number of benzene rings is 1. The van der Waals surface area contributed by atoms with Crippen LogP contribution in [0.3, 0.4) is 0 Å². The van der Waals surface area contributed by atoms with E-state index in [2.05, 4.69) is 19.7 Å². The zero-order valence-electron chi connectivity index (χ0n) is 11.6. The van der Waals surface area contributed by atoms with E-state index in [1.165, 1.54) is 0 Å². The van der Waals surface area contributed by atoms with Gasteiger partial charge in [-0.2, -0.15) is 0 Å². The molecule has 2 N–H and O–H groups in total. The highest BCUT2D eigenvalue weighted by molar-refractivity contribution is 6.29. The van der Waals surface area contributed by atoms with Gasteiger partial charge in [0.25, 0.3) is 0 Å². The number of halogens is 1. The van der Waals surface area contributed by atoms with Crippen LogP contribution in [0.15, 0.2) is 61.3 Å². The number of hydrogen-bond donors (Lipinski definition) is 1. The Morgan fingerprint density at radius 3 is 2.37 bits per heavy atom. The Morgan fingerprint density at radius 1 is 1.32 bits per heavy atom. The maximum absolute atomic E-state index is 6.18. The average molecular weight is 280 g/mol. The smallest absolute Gasteiger partial charge is 0.119 e. The van der Waals surface area contributed by atoms with Crippen LogP contribution >= 0.6 is 11.6 Å². The van der Waals surface area contributed by atoms with Crippen molar-refractivity contribution in [3.63, 3.8) is 0 Å². The standard InChI is InChI=1S/C13H18ClN3.C2H4/c1-4-7-13(14)17(16(2)3)10-11-8-5-6-9-12(11)15;1-2/h4-9H,1,10,15H2,2-3H3;1-2H2/b13-7-;. The first-order valence-corrected chi connectivity index (χ1v) is 6.20. The van der Waals surface area contributed by atoms with E-state index < -0.39 is 0 Å². The number of nitrogens with zero attached hydrogens (tertiary/aromatic N) is 2. The number of nitrogen functional groups attached to an aromatic ring is 1. The van der Waals surface area contributed by atoms with Gasteiger partial charge in [-0.1, -0.05) is 42.5 Å². The molecule has 0 spiro atoms. The minimum atomic E-state index is 0.605. The fraction of sp³-hybridized carbons (Fsp3) is 0.200. The van der Waals surface area contributed by atoms with Crippen LogP contribution in [0.1, 0.15) is 5.56 Å². The molecular weight excluding hydrogens is 258 g/mol. The highest BCUT2D eigenvalue weighted by Crippen LogP contribution is 2.19. The highest BCUT2D eigenvalue weighted by Gasteiger charge is 2.11. The summed E-state index contributed by atoms with van der Waals surface area (Å²) in [5, 5.41) is 4.43. The molecule has 1 aromatic rings. The number of hydrogen-bond acceptors (Lipinski definition) is 3. The van der Waals surface area contributed by atoms with Gasteiger partial charge >= 0.3 is 0 Å². The van der Waals surface area contributed by atoms with E-state index in [0.717, 1.165) is 11.3 Å². The maximum atomic E-state index is 6.18. The Labute approximate surface area is 121 Å². The molecule has 0 fully saturated rings. The van der Waals surface area contributed by atoms with Gasteiger partial charge in [0.05, 0.1) is 6.54 Å². The summed E-state index contributed by atoms with van der Waals surface area (Å²) in [6.45, 7) is 10.3. The summed E-state index contributed by atoms with van der Waals surface area (Å²) in [6, 6.07) is 7.75. The summed E-state index contributed by atoms with van der Waals surface area (Å²) >= 11 is 6.18. The van der Waals surface area contributed by atoms with E-state index >= 15 is 0 Å².